The molecule has 0 aliphatic rings. The Morgan fingerprint density at radius 1 is 1.24 bits per heavy atom. The minimum Gasteiger partial charge on any atom is -0.258 e. The number of aryl methyl sites for hydroxylation is 2. The van der Waals surface area contributed by atoms with Gasteiger partial charge in [-0.1, -0.05) is 6.07 Å². The fraction of sp³-hybridized carbons (Fsp3) is 0.182. The lowest BCUT2D eigenvalue weighted by atomic mass is 10.4. The molecule has 3 heterocycles. The van der Waals surface area contributed by atoms with Crippen molar-refractivity contribution in [2.24, 2.45) is 0 Å². The van der Waals surface area contributed by atoms with Gasteiger partial charge in [0.15, 0.2) is 11.6 Å². The van der Waals surface area contributed by atoms with Gasteiger partial charge >= 0.3 is 0 Å². The Morgan fingerprint density at radius 3 is 2.76 bits per heavy atom. The van der Waals surface area contributed by atoms with Gasteiger partial charge in [-0.25, -0.2) is 9.97 Å². The molecule has 0 aliphatic heterocycles. The smallest absolute Gasteiger partial charge is 0.191 e. The largest absolute Gasteiger partial charge is 0.258 e. The number of aromatic amines is 1. The molecular formula is C11H10N4S2. The third-order valence-corrected chi connectivity index (χ3v) is 4.29. The minimum absolute atomic E-state index is 0.750. The molecule has 1 N–H and O–H groups in total. The van der Waals surface area contributed by atoms with Crippen molar-refractivity contribution >= 4 is 22.7 Å². The summed E-state index contributed by atoms with van der Waals surface area (Å²) in [4.78, 5) is 11.0. The molecule has 0 aromatic carbocycles. The van der Waals surface area contributed by atoms with Gasteiger partial charge in [0.25, 0.3) is 0 Å². The van der Waals surface area contributed by atoms with Gasteiger partial charge < -0.3 is 0 Å². The zero-order valence-electron chi connectivity index (χ0n) is 9.39. The highest BCUT2D eigenvalue weighted by Gasteiger charge is 2.13. The van der Waals surface area contributed by atoms with Crippen LogP contribution in [0, 0.1) is 13.8 Å². The van der Waals surface area contributed by atoms with Gasteiger partial charge in [-0.15, -0.1) is 22.7 Å². The van der Waals surface area contributed by atoms with Gasteiger partial charge in [-0.2, -0.15) is 5.10 Å². The van der Waals surface area contributed by atoms with Crippen molar-refractivity contribution in [1.82, 2.24) is 20.2 Å². The maximum atomic E-state index is 4.51. The monoisotopic (exact) mass is 262 g/mol. The molecule has 86 valence electrons. The van der Waals surface area contributed by atoms with E-state index in [1.54, 1.807) is 22.7 Å². The third-order valence-electron chi connectivity index (χ3n) is 2.35. The van der Waals surface area contributed by atoms with Crippen LogP contribution in [0.2, 0.25) is 0 Å². The highest BCUT2D eigenvalue weighted by atomic mass is 32.1. The van der Waals surface area contributed by atoms with Crippen molar-refractivity contribution in [3.8, 4) is 21.4 Å². The van der Waals surface area contributed by atoms with Crippen molar-refractivity contribution < 1.29 is 0 Å². The first kappa shape index (κ1) is 10.6. The SMILES string of the molecule is Cc1nc(C)c(-c2nc(-c3cccs3)n[nH]2)s1. The summed E-state index contributed by atoms with van der Waals surface area (Å²) < 4.78 is 0. The number of hydrogen-bond acceptors (Lipinski definition) is 5. The van der Waals surface area contributed by atoms with Gasteiger partial charge in [0, 0.05) is 0 Å². The van der Waals surface area contributed by atoms with Crippen LogP contribution in [0.3, 0.4) is 0 Å². The van der Waals surface area contributed by atoms with Crippen LogP contribution in [-0.4, -0.2) is 20.2 Å². The average molecular weight is 262 g/mol. The summed E-state index contributed by atoms with van der Waals surface area (Å²) in [5, 5.41) is 10.3. The van der Waals surface area contributed by atoms with E-state index >= 15 is 0 Å². The maximum absolute atomic E-state index is 4.51. The van der Waals surface area contributed by atoms with Crippen molar-refractivity contribution in [3.05, 3.63) is 28.2 Å². The summed E-state index contributed by atoms with van der Waals surface area (Å²) in [6.07, 6.45) is 0. The van der Waals surface area contributed by atoms with E-state index in [0.29, 0.717) is 0 Å². The van der Waals surface area contributed by atoms with E-state index in [4.69, 9.17) is 0 Å². The molecule has 0 radical (unpaired) electrons. The number of nitrogens with zero attached hydrogens (tertiary/aromatic N) is 3. The number of rotatable bonds is 2. The van der Waals surface area contributed by atoms with Gasteiger partial charge in [0.1, 0.15) is 0 Å². The van der Waals surface area contributed by atoms with Gasteiger partial charge in [0.2, 0.25) is 0 Å². The molecule has 0 amide bonds. The molecule has 0 fully saturated rings. The Hall–Kier alpha value is -1.53. The van der Waals surface area contributed by atoms with E-state index in [0.717, 1.165) is 32.1 Å². The number of thiazole rings is 1. The first-order valence-corrected chi connectivity index (χ1v) is 6.84. The summed E-state index contributed by atoms with van der Waals surface area (Å²) in [6, 6.07) is 4.01. The normalized spacial score (nSPS) is 10.9. The number of thiophene rings is 1. The summed E-state index contributed by atoms with van der Waals surface area (Å²) in [6.45, 7) is 3.99. The summed E-state index contributed by atoms with van der Waals surface area (Å²) in [7, 11) is 0. The Bertz CT molecular complexity index is 636. The second kappa shape index (κ2) is 4.05. The fourth-order valence-corrected chi connectivity index (χ4v) is 3.15. The molecule has 0 saturated heterocycles. The van der Waals surface area contributed by atoms with Crippen LogP contribution in [0.25, 0.3) is 21.4 Å². The van der Waals surface area contributed by atoms with Crippen LogP contribution in [0.1, 0.15) is 10.7 Å². The lowest BCUT2D eigenvalue weighted by Crippen LogP contribution is -1.80. The molecule has 3 aromatic rings. The Kier molecular flexibility index (Phi) is 2.53. The lowest BCUT2D eigenvalue weighted by molar-refractivity contribution is 1.10. The third kappa shape index (κ3) is 1.89. The Balaban J connectivity index is 2.03. The van der Waals surface area contributed by atoms with Gasteiger partial charge in [-0.05, 0) is 25.3 Å². The van der Waals surface area contributed by atoms with Crippen molar-refractivity contribution in [2.45, 2.75) is 13.8 Å². The van der Waals surface area contributed by atoms with Crippen LogP contribution in [-0.2, 0) is 0 Å². The molecule has 17 heavy (non-hydrogen) atoms. The minimum atomic E-state index is 0.750. The molecule has 0 bridgehead atoms. The first-order chi connectivity index (χ1) is 8.24. The van der Waals surface area contributed by atoms with Crippen LogP contribution >= 0.6 is 22.7 Å². The van der Waals surface area contributed by atoms with Gasteiger partial charge in [-0.3, -0.25) is 5.10 Å². The molecule has 0 aliphatic carbocycles. The summed E-state index contributed by atoms with van der Waals surface area (Å²) in [5.41, 5.74) is 1.00. The van der Waals surface area contributed by atoms with Crippen LogP contribution in [0.15, 0.2) is 17.5 Å². The van der Waals surface area contributed by atoms with E-state index in [1.807, 2.05) is 31.4 Å². The van der Waals surface area contributed by atoms with E-state index in [9.17, 15) is 0 Å². The second-order valence-corrected chi connectivity index (χ2v) is 5.78. The molecule has 4 nitrogen and oxygen atoms in total. The molecule has 0 atom stereocenters. The second-order valence-electron chi connectivity index (χ2n) is 3.63. The molecular weight excluding hydrogens is 252 g/mol. The molecule has 0 saturated carbocycles. The Labute approximate surface area is 106 Å². The maximum Gasteiger partial charge on any atom is 0.191 e. The number of nitrogens with one attached hydrogen (secondary N) is 1. The zero-order chi connectivity index (χ0) is 11.8. The summed E-state index contributed by atoms with van der Waals surface area (Å²) >= 11 is 3.27. The predicted molar refractivity (Wildman–Crippen MR) is 70.3 cm³/mol. The molecule has 0 unspecified atom stereocenters. The topological polar surface area (TPSA) is 54.5 Å². The quantitative estimate of drug-likeness (QED) is 0.771. The highest BCUT2D eigenvalue weighted by molar-refractivity contribution is 7.15. The zero-order valence-corrected chi connectivity index (χ0v) is 11.0. The van der Waals surface area contributed by atoms with E-state index in [-0.39, 0.29) is 0 Å². The predicted octanol–water partition coefficient (Wildman–Crippen LogP) is 3.27. The van der Waals surface area contributed by atoms with Crippen molar-refractivity contribution in [1.29, 1.82) is 0 Å². The first-order valence-electron chi connectivity index (χ1n) is 5.15. The molecule has 0 spiro atoms. The molecule has 6 heteroatoms. The van der Waals surface area contributed by atoms with Crippen LogP contribution in [0.4, 0.5) is 0 Å². The van der Waals surface area contributed by atoms with Crippen LogP contribution < -0.4 is 0 Å². The number of H-pyrrole nitrogens is 1. The van der Waals surface area contributed by atoms with Gasteiger partial charge in [0.05, 0.1) is 20.5 Å². The summed E-state index contributed by atoms with van der Waals surface area (Å²) in [5.74, 6) is 1.55. The standard InChI is InChI=1S/C11H10N4S2/c1-6-9(17-7(2)12-6)11-13-10(14-15-11)8-4-3-5-16-8/h3-5H,1-2H3,(H,13,14,15). The fourth-order valence-electron chi connectivity index (χ4n) is 1.63. The van der Waals surface area contributed by atoms with Crippen LogP contribution in [0.5, 0.6) is 0 Å². The van der Waals surface area contributed by atoms with Crippen molar-refractivity contribution in [3.63, 3.8) is 0 Å². The van der Waals surface area contributed by atoms with E-state index in [2.05, 4.69) is 20.2 Å². The lowest BCUT2D eigenvalue weighted by Gasteiger charge is -1.89. The molecule has 3 rings (SSSR count). The van der Waals surface area contributed by atoms with E-state index < -0.39 is 0 Å². The van der Waals surface area contributed by atoms with E-state index in [1.165, 1.54) is 0 Å². The molecule has 3 aromatic heterocycles. The highest BCUT2D eigenvalue weighted by Crippen LogP contribution is 2.29. The average Bonchev–Trinajstić information content (AvgIpc) is 2.97. The number of aromatic nitrogens is 4. The number of hydrogen-bond donors (Lipinski definition) is 1. The van der Waals surface area contributed by atoms with Crippen molar-refractivity contribution in [2.75, 3.05) is 0 Å². The Morgan fingerprint density at radius 2 is 2.12 bits per heavy atom.